The number of benzene rings is 1. The molecule has 0 bridgehead atoms. The summed E-state index contributed by atoms with van der Waals surface area (Å²) >= 11 is 0. The molecule has 2 fully saturated rings. The molecular weight excluding hydrogens is 392 g/mol. The molecule has 1 aliphatic carbocycles. The molecule has 160 valence electrons. The van der Waals surface area contributed by atoms with Crippen LogP contribution in [0.25, 0.3) is 0 Å². The summed E-state index contributed by atoms with van der Waals surface area (Å²) in [5, 5.41) is 4.88. The van der Waals surface area contributed by atoms with Gasteiger partial charge in [0.2, 0.25) is 5.91 Å². The summed E-state index contributed by atoms with van der Waals surface area (Å²) in [7, 11) is -1.87. The molecule has 1 aromatic carbocycles. The Bertz CT molecular complexity index is 894. The van der Waals surface area contributed by atoms with Gasteiger partial charge in [-0.3, -0.25) is 9.59 Å². The van der Waals surface area contributed by atoms with Crippen LogP contribution in [-0.2, 0) is 14.6 Å². The van der Waals surface area contributed by atoms with Crippen molar-refractivity contribution in [1.29, 1.82) is 0 Å². The highest BCUT2D eigenvalue weighted by Gasteiger charge is 2.44. The lowest BCUT2D eigenvalue weighted by molar-refractivity contribution is -0.121. The standard InChI is InChI=1S/C21H30N2O5S/c1-14-7-10-16(17(12-14)28-3)19(24)23-21(2,15-8-9-15)13-22-20(25)18-6-4-5-11-29(18,26)27/h7,10,12,15,18H,4-6,8-9,11,13H2,1-3H3,(H,22,25)(H,23,24). The van der Waals surface area contributed by atoms with Gasteiger partial charge in [0.15, 0.2) is 9.84 Å². The summed E-state index contributed by atoms with van der Waals surface area (Å²) in [6, 6.07) is 5.38. The van der Waals surface area contributed by atoms with Crippen LogP contribution in [0, 0.1) is 12.8 Å². The van der Waals surface area contributed by atoms with Gasteiger partial charge >= 0.3 is 0 Å². The highest BCUT2D eigenvalue weighted by molar-refractivity contribution is 7.92. The minimum Gasteiger partial charge on any atom is -0.496 e. The molecule has 0 spiro atoms. The molecule has 2 amide bonds. The number of carbonyl (C=O) groups is 2. The molecule has 2 N–H and O–H groups in total. The van der Waals surface area contributed by atoms with E-state index >= 15 is 0 Å². The maximum atomic E-state index is 12.9. The monoisotopic (exact) mass is 422 g/mol. The minimum absolute atomic E-state index is 0.0644. The van der Waals surface area contributed by atoms with E-state index < -0.39 is 26.5 Å². The quantitative estimate of drug-likeness (QED) is 0.700. The van der Waals surface area contributed by atoms with Gasteiger partial charge in [-0.1, -0.05) is 12.5 Å². The molecule has 2 atom stereocenters. The molecule has 0 aromatic heterocycles. The molecule has 1 aromatic rings. The SMILES string of the molecule is COc1cc(C)ccc1C(=O)NC(C)(CNC(=O)C1CCCCS1(=O)=O)C1CC1. The zero-order valence-corrected chi connectivity index (χ0v) is 18.1. The maximum Gasteiger partial charge on any atom is 0.255 e. The average Bonchev–Trinajstić information content (AvgIpc) is 3.51. The molecule has 1 saturated heterocycles. The summed E-state index contributed by atoms with van der Waals surface area (Å²) in [5.74, 6) is 0.0771. The van der Waals surface area contributed by atoms with Crippen molar-refractivity contribution in [2.24, 2.45) is 5.92 Å². The van der Waals surface area contributed by atoms with Gasteiger partial charge in [0.1, 0.15) is 11.0 Å². The van der Waals surface area contributed by atoms with E-state index in [4.69, 9.17) is 4.74 Å². The number of amides is 2. The summed E-state index contributed by atoms with van der Waals surface area (Å²) < 4.78 is 29.8. The first-order valence-electron chi connectivity index (χ1n) is 10.1. The Hall–Kier alpha value is -2.09. The number of hydrogen-bond donors (Lipinski definition) is 2. The molecule has 29 heavy (non-hydrogen) atoms. The zero-order chi connectivity index (χ0) is 21.2. The molecule has 3 rings (SSSR count). The molecular formula is C21H30N2O5S. The molecule has 1 saturated carbocycles. The van der Waals surface area contributed by atoms with Crippen LogP contribution in [0.4, 0.5) is 0 Å². The predicted molar refractivity (Wildman–Crippen MR) is 111 cm³/mol. The lowest BCUT2D eigenvalue weighted by atomic mass is 9.94. The number of sulfone groups is 1. The van der Waals surface area contributed by atoms with E-state index in [1.165, 1.54) is 7.11 Å². The zero-order valence-electron chi connectivity index (χ0n) is 17.3. The van der Waals surface area contributed by atoms with Gasteiger partial charge in [-0.15, -0.1) is 0 Å². The van der Waals surface area contributed by atoms with E-state index in [0.29, 0.717) is 24.2 Å². The molecule has 1 heterocycles. The van der Waals surface area contributed by atoms with Crippen molar-refractivity contribution >= 4 is 21.7 Å². The van der Waals surface area contributed by atoms with Crippen LogP contribution in [0.1, 0.15) is 54.9 Å². The minimum atomic E-state index is -3.39. The summed E-state index contributed by atoms with van der Waals surface area (Å²) in [4.78, 5) is 25.5. The lowest BCUT2D eigenvalue weighted by Crippen LogP contribution is -2.57. The Morgan fingerprint density at radius 1 is 1.21 bits per heavy atom. The first-order chi connectivity index (χ1) is 13.7. The van der Waals surface area contributed by atoms with Crippen molar-refractivity contribution in [2.75, 3.05) is 19.4 Å². The van der Waals surface area contributed by atoms with Crippen molar-refractivity contribution in [2.45, 2.75) is 56.7 Å². The van der Waals surface area contributed by atoms with Crippen molar-refractivity contribution in [3.05, 3.63) is 29.3 Å². The second kappa shape index (κ2) is 8.34. The Morgan fingerprint density at radius 2 is 1.93 bits per heavy atom. The van der Waals surface area contributed by atoms with Gasteiger partial charge in [-0.05, 0) is 63.1 Å². The van der Waals surface area contributed by atoms with Crippen LogP contribution in [0.2, 0.25) is 0 Å². The predicted octanol–water partition coefficient (Wildman–Crippen LogP) is 1.99. The van der Waals surface area contributed by atoms with Gasteiger partial charge in [-0.2, -0.15) is 0 Å². The third-order valence-corrected chi connectivity index (χ3v) is 8.15. The third-order valence-electron chi connectivity index (χ3n) is 5.98. The number of nitrogens with one attached hydrogen (secondary N) is 2. The molecule has 2 aliphatic rings. The maximum absolute atomic E-state index is 12.9. The van der Waals surface area contributed by atoms with Crippen LogP contribution in [0.15, 0.2) is 18.2 Å². The van der Waals surface area contributed by atoms with E-state index in [9.17, 15) is 18.0 Å². The number of hydrogen-bond acceptors (Lipinski definition) is 5. The van der Waals surface area contributed by atoms with Crippen LogP contribution in [-0.4, -0.2) is 50.4 Å². The lowest BCUT2D eigenvalue weighted by Gasteiger charge is -2.32. The number of aryl methyl sites for hydroxylation is 1. The van der Waals surface area contributed by atoms with Gasteiger partial charge in [0, 0.05) is 6.54 Å². The van der Waals surface area contributed by atoms with Gasteiger partial charge < -0.3 is 15.4 Å². The fraction of sp³-hybridized carbons (Fsp3) is 0.619. The smallest absolute Gasteiger partial charge is 0.255 e. The Labute approximate surface area is 172 Å². The van der Waals surface area contributed by atoms with Crippen LogP contribution < -0.4 is 15.4 Å². The van der Waals surface area contributed by atoms with Crippen molar-refractivity contribution < 1.29 is 22.7 Å². The molecule has 2 unspecified atom stereocenters. The largest absolute Gasteiger partial charge is 0.496 e. The van der Waals surface area contributed by atoms with Crippen molar-refractivity contribution in [1.82, 2.24) is 10.6 Å². The average molecular weight is 423 g/mol. The van der Waals surface area contributed by atoms with Gasteiger partial charge in [0.25, 0.3) is 5.91 Å². The summed E-state index contributed by atoms with van der Waals surface area (Å²) in [5.41, 5.74) is 0.775. The first-order valence-corrected chi connectivity index (χ1v) is 11.8. The van der Waals surface area contributed by atoms with E-state index in [1.54, 1.807) is 12.1 Å². The highest BCUT2D eigenvalue weighted by Crippen LogP contribution is 2.39. The molecule has 1 aliphatic heterocycles. The molecule has 0 radical (unpaired) electrons. The van der Waals surface area contributed by atoms with Crippen molar-refractivity contribution in [3.63, 3.8) is 0 Å². The number of ether oxygens (including phenoxy) is 1. The Balaban J connectivity index is 1.70. The van der Waals surface area contributed by atoms with E-state index in [-0.39, 0.29) is 24.1 Å². The number of rotatable bonds is 7. The number of methoxy groups -OCH3 is 1. The van der Waals surface area contributed by atoms with Gasteiger partial charge in [-0.25, -0.2) is 8.42 Å². The van der Waals surface area contributed by atoms with Crippen molar-refractivity contribution in [3.8, 4) is 5.75 Å². The first kappa shape index (κ1) is 21.6. The second-order valence-corrected chi connectivity index (χ2v) is 10.7. The number of carbonyl (C=O) groups excluding carboxylic acids is 2. The normalized spacial score (nSPS) is 22.9. The molecule has 8 heteroatoms. The van der Waals surface area contributed by atoms with E-state index in [2.05, 4.69) is 10.6 Å². The summed E-state index contributed by atoms with van der Waals surface area (Å²) in [6.07, 6.45) is 3.63. The van der Waals surface area contributed by atoms with Crippen LogP contribution >= 0.6 is 0 Å². The Kier molecular flexibility index (Phi) is 6.22. The van der Waals surface area contributed by atoms with Crippen LogP contribution in [0.5, 0.6) is 5.75 Å². The van der Waals surface area contributed by atoms with E-state index in [1.807, 2.05) is 19.9 Å². The fourth-order valence-corrected chi connectivity index (χ4v) is 5.78. The van der Waals surface area contributed by atoms with E-state index in [0.717, 1.165) is 24.8 Å². The fourth-order valence-electron chi connectivity index (χ4n) is 3.96. The second-order valence-electron chi connectivity index (χ2n) is 8.42. The van der Waals surface area contributed by atoms with Gasteiger partial charge in [0.05, 0.1) is 24.0 Å². The topological polar surface area (TPSA) is 102 Å². The summed E-state index contributed by atoms with van der Waals surface area (Å²) in [6.45, 7) is 4.02. The van der Waals surface area contributed by atoms with Crippen LogP contribution in [0.3, 0.4) is 0 Å². The Morgan fingerprint density at radius 3 is 2.55 bits per heavy atom. The third kappa shape index (κ3) is 4.91. The highest BCUT2D eigenvalue weighted by atomic mass is 32.2. The molecule has 7 nitrogen and oxygen atoms in total.